The molecule has 0 aromatic heterocycles. The van der Waals surface area contributed by atoms with Crippen molar-refractivity contribution in [2.75, 3.05) is 0 Å². The molecule has 0 aliphatic rings. The molecule has 14 heavy (non-hydrogen) atoms. The van der Waals surface area contributed by atoms with E-state index < -0.39 is 24.0 Å². The molecular weight excluding hydrogens is 263 g/mol. The summed E-state index contributed by atoms with van der Waals surface area (Å²) < 4.78 is 37.3. The van der Waals surface area contributed by atoms with Crippen LogP contribution in [-0.2, 0) is 0 Å². The molecule has 0 fully saturated rings. The highest BCUT2D eigenvalue weighted by Gasteiger charge is 2.23. The van der Waals surface area contributed by atoms with Gasteiger partial charge in [-0.15, -0.1) is 0 Å². The molecule has 0 amide bonds. The predicted molar refractivity (Wildman–Crippen MR) is 48.7 cm³/mol. The van der Waals surface area contributed by atoms with Crippen molar-refractivity contribution >= 4 is 15.9 Å². The number of phenols is 1. The van der Waals surface area contributed by atoms with E-state index in [1.54, 1.807) is 0 Å². The normalized spacial score (nSPS) is 13.3. The molecule has 1 rings (SSSR count). The molecule has 0 aliphatic heterocycles. The van der Waals surface area contributed by atoms with Crippen LogP contribution in [-0.4, -0.2) is 11.5 Å². The minimum absolute atomic E-state index is 0.000200. The van der Waals surface area contributed by atoms with E-state index >= 15 is 0 Å². The number of phenolic OH excluding ortho intramolecular Hbond substituents is 1. The number of hydrogen-bond acceptors (Lipinski definition) is 2. The van der Waals surface area contributed by atoms with Gasteiger partial charge in [-0.3, -0.25) is 0 Å². The minimum atomic E-state index is -2.85. The maximum atomic E-state index is 13.0. The van der Waals surface area contributed by atoms with Crippen LogP contribution in [0.1, 0.15) is 11.6 Å². The average Bonchev–Trinajstić information content (AvgIpc) is 2.13. The molecule has 1 aromatic carbocycles. The largest absolute Gasteiger partial charge is 0.505 e. The number of alkyl halides is 2. The third-order valence-corrected chi connectivity index (χ3v) is 2.34. The van der Waals surface area contributed by atoms with Gasteiger partial charge in [0.05, 0.1) is 10.5 Å². The van der Waals surface area contributed by atoms with E-state index in [-0.39, 0.29) is 10.0 Å². The monoisotopic (exact) mass is 269 g/mol. The molecular formula is C8H7BrF3NO. The first kappa shape index (κ1) is 11.3. The Hall–Kier alpha value is -0.750. The second kappa shape index (κ2) is 4.18. The van der Waals surface area contributed by atoms with E-state index in [0.717, 1.165) is 6.07 Å². The summed E-state index contributed by atoms with van der Waals surface area (Å²) in [6.07, 6.45) is -2.85. The molecule has 6 heteroatoms. The first-order chi connectivity index (χ1) is 6.45. The van der Waals surface area contributed by atoms with Crippen molar-refractivity contribution < 1.29 is 18.3 Å². The standard InChI is InChI=1S/C8H7BrF3NO/c9-4-2-1-3(6(13)8(11)12)7(14)5(4)10/h1-2,6,8,14H,13H2/t6-/m0/s1. The highest BCUT2D eigenvalue weighted by molar-refractivity contribution is 9.10. The Morgan fingerprint density at radius 1 is 1.36 bits per heavy atom. The van der Waals surface area contributed by atoms with Crippen LogP contribution in [0.15, 0.2) is 16.6 Å². The maximum Gasteiger partial charge on any atom is 0.257 e. The van der Waals surface area contributed by atoms with Crippen LogP contribution < -0.4 is 5.73 Å². The second-order valence-electron chi connectivity index (χ2n) is 2.66. The molecule has 0 saturated heterocycles. The van der Waals surface area contributed by atoms with Crippen molar-refractivity contribution in [3.63, 3.8) is 0 Å². The Kier molecular flexibility index (Phi) is 3.38. The Morgan fingerprint density at radius 2 is 1.93 bits per heavy atom. The van der Waals surface area contributed by atoms with Gasteiger partial charge < -0.3 is 10.8 Å². The van der Waals surface area contributed by atoms with Crippen LogP contribution in [0.4, 0.5) is 13.2 Å². The van der Waals surface area contributed by atoms with Gasteiger partial charge in [-0.05, 0) is 22.0 Å². The second-order valence-corrected chi connectivity index (χ2v) is 3.51. The third kappa shape index (κ3) is 2.01. The van der Waals surface area contributed by atoms with Crippen LogP contribution in [0.3, 0.4) is 0 Å². The summed E-state index contributed by atoms with van der Waals surface area (Å²) in [6.45, 7) is 0. The van der Waals surface area contributed by atoms with Gasteiger partial charge >= 0.3 is 0 Å². The fourth-order valence-electron chi connectivity index (χ4n) is 0.960. The zero-order valence-electron chi connectivity index (χ0n) is 6.85. The summed E-state index contributed by atoms with van der Waals surface area (Å²) >= 11 is 2.80. The van der Waals surface area contributed by atoms with Crippen molar-refractivity contribution in [1.29, 1.82) is 0 Å². The lowest BCUT2D eigenvalue weighted by Crippen LogP contribution is -2.19. The summed E-state index contributed by atoms with van der Waals surface area (Å²) in [4.78, 5) is 0. The molecule has 0 bridgehead atoms. The summed E-state index contributed by atoms with van der Waals surface area (Å²) in [6, 6.07) is 0.684. The van der Waals surface area contributed by atoms with Crippen LogP contribution in [0.5, 0.6) is 5.75 Å². The van der Waals surface area contributed by atoms with Gasteiger partial charge in [0.2, 0.25) is 0 Å². The Morgan fingerprint density at radius 3 is 2.43 bits per heavy atom. The summed E-state index contributed by atoms with van der Waals surface area (Å²) in [5.41, 5.74) is 4.76. The summed E-state index contributed by atoms with van der Waals surface area (Å²) in [5.74, 6) is -1.83. The molecule has 0 spiro atoms. The molecule has 0 unspecified atom stereocenters. The quantitative estimate of drug-likeness (QED) is 0.867. The average molecular weight is 270 g/mol. The molecule has 3 N–H and O–H groups in total. The number of nitrogens with two attached hydrogens (primary N) is 1. The van der Waals surface area contributed by atoms with Crippen molar-refractivity contribution in [1.82, 2.24) is 0 Å². The van der Waals surface area contributed by atoms with E-state index in [1.807, 2.05) is 0 Å². The fraction of sp³-hybridized carbons (Fsp3) is 0.250. The zero-order chi connectivity index (χ0) is 10.9. The first-order valence-electron chi connectivity index (χ1n) is 3.65. The lowest BCUT2D eigenvalue weighted by Gasteiger charge is -2.13. The maximum absolute atomic E-state index is 13.0. The van der Waals surface area contributed by atoms with Gasteiger partial charge in [0, 0.05) is 5.56 Å². The van der Waals surface area contributed by atoms with Gasteiger partial charge in [-0.25, -0.2) is 13.2 Å². The molecule has 0 radical (unpaired) electrons. The van der Waals surface area contributed by atoms with Gasteiger partial charge in [0.1, 0.15) is 0 Å². The van der Waals surface area contributed by atoms with E-state index in [2.05, 4.69) is 15.9 Å². The molecule has 1 atom stereocenters. The Balaban J connectivity index is 3.17. The number of benzene rings is 1. The van der Waals surface area contributed by atoms with E-state index in [0.29, 0.717) is 0 Å². The molecule has 0 saturated carbocycles. The van der Waals surface area contributed by atoms with Gasteiger partial charge in [-0.2, -0.15) is 0 Å². The number of hydrogen-bond donors (Lipinski definition) is 2. The van der Waals surface area contributed by atoms with Crippen LogP contribution in [0, 0.1) is 5.82 Å². The fourth-order valence-corrected chi connectivity index (χ4v) is 1.28. The Labute approximate surface area is 86.7 Å². The smallest absolute Gasteiger partial charge is 0.257 e. The number of halogens is 4. The highest BCUT2D eigenvalue weighted by atomic mass is 79.9. The predicted octanol–water partition coefficient (Wildman–Crippen LogP) is 2.56. The van der Waals surface area contributed by atoms with Crippen molar-refractivity contribution in [2.45, 2.75) is 12.5 Å². The van der Waals surface area contributed by atoms with Crippen molar-refractivity contribution in [2.24, 2.45) is 5.73 Å². The molecule has 78 valence electrons. The Bertz CT molecular complexity index is 346. The highest BCUT2D eigenvalue weighted by Crippen LogP contribution is 2.32. The summed E-state index contributed by atoms with van der Waals surface area (Å²) in [5, 5.41) is 9.18. The first-order valence-corrected chi connectivity index (χ1v) is 4.45. The van der Waals surface area contributed by atoms with Crippen LogP contribution in [0.2, 0.25) is 0 Å². The van der Waals surface area contributed by atoms with E-state index in [1.165, 1.54) is 6.07 Å². The topological polar surface area (TPSA) is 46.2 Å². The molecule has 0 aliphatic carbocycles. The number of rotatable bonds is 2. The summed E-state index contributed by atoms with van der Waals surface area (Å²) in [7, 11) is 0. The third-order valence-electron chi connectivity index (χ3n) is 1.73. The van der Waals surface area contributed by atoms with Crippen LogP contribution >= 0.6 is 15.9 Å². The molecule has 2 nitrogen and oxygen atoms in total. The van der Waals surface area contributed by atoms with Crippen LogP contribution in [0.25, 0.3) is 0 Å². The number of aromatic hydroxyl groups is 1. The van der Waals surface area contributed by atoms with Gasteiger partial charge in [0.15, 0.2) is 11.6 Å². The molecule has 0 heterocycles. The van der Waals surface area contributed by atoms with Gasteiger partial charge in [0.25, 0.3) is 6.43 Å². The lowest BCUT2D eigenvalue weighted by molar-refractivity contribution is 0.115. The van der Waals surface area contributed by atoms with Gasteiger partial charge in [-0.1, -0.05) is 6.07 Å². The van der Waals surface area contributed by atoms with E-state index in [9.17, 15) is 18.3 Å². The van der Waals surface area contributed by atoms with E-state index in [4.69, 9.17) is 5.73 Å². The lowest BCUT2D eigenvalue weighted by atomic mass is 10.1. The SMILES string of the molecule is N[C@@H](c1ccc(Br)c(F)c1O)C(F)F. The van der Waals surface area contributed by atoms with Crippen molar-refractivity contribution in [3.05, 3.63) is 28.0 Å². The molecule has 1 aromatic rings. The minimum Gasteiger partial charge on any atom is -0.505 e. The zero-order valence-corrected chi connectivity index (χ0v) is 8.43. The van der Waals surface area contributed by atoms with Crippen molar-refractivity contribution in [3.8, 4) is 5.75 Å².